The van der Waals surface area contributed by atoms with Crippen molar-refractivity contribution in [2.24, 2.45) is 0 Å². The number of rotatable bonds is 4. The first-order valence-corrected chi connectivity index (χ1v) is 10.0. The summed E-state index contributed by atoms with van der Waals surface area (Å²) in [4.78, 5) is 43.4. The molecule has 1 aromatic carbocycles. The highest BCUT2D eigenvalue weighted by Crippen LogP contribution is 2.27. The van der Waals surface area contributed by atoms with E-state index in [4.69, 9.17) is 0 Å². The Morgan fingerprint density at radius 1 is 1.03 bits per heavy atom. The van der Waals surface area contributed by atoms with E-state index in [1.807, 2.05) is 55.7 Å². The van der Waals surface area contributed by atoms with Gasteiger partial charge in [0.25, 0.3) is 11.8 Å². The summed E-state index contributed by atoms with van der Waals surface area (Å²) in [6.07, 6.45) is 5.61. The van der Waals surface area contributed by atoms with Gasteiger partial charge in [-0.2, -0.15) is 0 Å². The van der Waals surface area contributed by atoms with E-state index in [1.54, 1.807) is 30.6 Å². The van der Waals surface area contributed by atoms with Crippen molar-refractivity contribution < 1.29 is 14.4 Å². The van der Waals surface area contributed by atoms with Crippen LogP contribution in [-0.2, 0) is 16.0 Å². The zero-order chi connectivity index (χ0) is 22.1. The van der Waals surface area contributed by atoms with Crippen LogP contribution >= 0.6 is 0 Å². The molecule has 4 amide bonds. The van der Waals surface area contributed by atoms with E-state index in [0.29, 0.717) is 12.1 Å². The van der Waals surface area contributed by atoms with Crippen LogP contribution in [0.15, 0.2) is 60.4 Å². The van der Waals surface area contributed by atoms with Crippen molar-refractivity contribution in [3.63, 3.8) is 0 Å². The summed E-state index contributed by atoms with van der Waals surface area (Å²) in [5.74, 6) is -1.34. The molecule has 1 aliphatic heterocycles. The molecule has 1 saturated heterocycles. The number of hydrogen-bond donors (Lipinski definition) is 1. The van der Waals surface area contributed by atoms with E-state index in [9.17, 15) is 14.4 Å². The molecule has 31 heavy (non-hydrogen) atoms. The first-order chi connectivity index (χ1) is 14.9. The van der Waals surface area contributed by atoms with Gasteiger partial charge in [0.1, 0.15) is 5.57 Å². The summed E-state index contributed by atoms with van der Waals surface area (Å²) in [5.41, 5.74) is 4.72. The maximum atomic E-state index is 13.3. The van der Waals surface area contributed by atoms with Crippen LogP contribution in [0, 0.1) is 13.8 Å². The average molecular weight is 414 g/mol. The lowest BCUT2D eigenvalue weighted by atomic mass is 10.0. The van der Waals surface area contributed by atoms with E-state index in [-0.39, 0.29) is 5.57 Å². The molecule has 0 atom stereocenters. The maximum absolute atomic E-state index is 13.3. The fraction of sp³-hybridized carbons (Fsp3) is 0.167. The molecule has 0 radical (unpaired) electrons. The van der Waals surface area contributed by atoms with E-state index in [1.165, 1.54) is 0 Å². The molecule has 3 heterocycles. The highest BCUT2D eigenvalue weighted by atomic mass is 16.2. The van der Waals surface area contributed by atoms with Gasteiger partial charge in [0, 0.05) is 29.5 Å². The maximum Gasteiger partial charge on any atom is 0.335 e. The lowest BCUT2D eigenvalue weighted by Gasteiger charge is -2.27. The Morgan fingerprint density at radius 3 is 2.45 bits per heavy atom. The van der Waals surface area contributed by atoms with Crippen LogP contribution in [0.5, 0.6) is 0 Å². The van der Waals surface area contributed by atoms with E-state index < -0.39 is 17.8 Å². The molecule has 7 nitrogen and oxygen atoms in total. The molecule has 1 aliphatic rings. The number of carbonyl (C=O) groups excluding carboxylic acids is 3. The number of nitrogens with one attached hydrogen (secondary N) is 1. The summed E-state index contributed by atoms with van der Waals surface area (Å²) in [6, 6.07) is 12.1. The Bertz CT molecular complexity index is 1220. The first-order valence-electron chi connectivity index (χ1n) is 10.0. The minimum Gasteiger partial charge on any atom is -0.318 e. The van der Waals surface area contributed by atoms with Gasteiger partial charge in [0.15, 0.2) is 0 Å². The number of barbiturate groups is 1. The molecule has 0 bridgehead atoms. The van der Waals surface area contributed by atoms with Gasteiger partial charge >= 0.3 is 6.03 Å². The molecular formula is C24H22N4O3. The molecule has 1 fully saturated rings. The molecule has 1 N–H and O–H groups in total. The average Bonchev–Trinajstić information content (AvgIpc) is 3.04. The van der Waals surface area contributed by atoms with Gasteiger partial charge in [-0.15, -0.1) is 0 Å². The van der Waals surface area contributed by atoms with Gasteiger partial charge in [-0.3, -0.25) is 19.9 Å². The smallest absolute Gasteiger partial charge is 0.318 e. The van der Waals surface area contributed by atoms with E-state index in [2.05, 4.69) is 10.3 Å². The van der Waals surface area contributed by atoms with Crippen LogP contribution < -0.4 is 10.2 Å². The van der Waals surface area contributed by atoms with E-state index >= 15 is 0 Å². The van der Waals surface area contributed by atoms with Gasteiger partial charge < -0.3 is 4.57 Å². The van der Waals surface area contributed by atoms with Gasteiger partial charge in [0.05, 0.1) is 5.69 Å². The van der Waals surface area contributed by atoms with Crippen LogP contribution in [0.2, 0.25) is 0 Å². The van der Waals surface area contributed by atoms with Crippen molar-refractivity contribution >= 4 is 29.6 Å². The number of aromatic nitrogens is 2. The number of aryl methyl sites for hydroxylation is 2. The van der Waals surface area contributed by atoms with Gasteiger partial charge in [-0.05, 0) is 61.7 Å². The zero-order valence-corrected chi connectivity index (χ0v) is 17.5. The molecule has 3 aromatic rings. The Hall–Kier alpha value is -4.00. The number of anilines is 1. The number of benzene rings is 1. The predicted octanol–water partition coefficient (Wildman–Crippen LogP) is 3.72. The Balaban J connectivity index is 1.78. The van der Waals surface area contributed by atoms with Crippen molar-refractivity contribution in [1.82, 2.24) is 14.9 Å². The third kappa shape index (κ3) is 3.54. The topological polar surface area (TPSA) is 84.3 Å². The quantitative estimate of drug-likeness (QED) is 0.521. The van der Waals surface area contributed by atoms with Crippen molar-refractivity contribution in [1.29, 1.82) is 0 Å². The number of nitrogens with zero attached hydrogens (tertiary/aromatic N) is 3. The van der Waals surface area contributed by atoms with Crippen LogP contribution in [0.25, 0.3) is 11.8 Å². The van der Waals surface area contributed by atoms with Gasteiger partial charge in [0.2, 0.25) is 0 Å². The summed E-state index contributed by atoms with van der Waals surface area (Å²) in [5, 5.41) is 2.30. The second-order valence-electron chi connectivity index (χ2n) is 7.31. The molecular weight excluding hydrogens is 392 g/mol. The molecule has 0 saturated carbocycles. The third-order valence-electron chi connectivity index (χ3n) is 5.41. The molecule has 7 heteroatoms. The normalized spacial score (nSPS) is 15.5. The third-order valence-corrected chi connectivity index (χ3v) is 5.41. The summed E-state index contributed by atoms with van der Waals surface area (Å²) >= 11 is 0. The molecule has 156 valence electrons. The van der Waals surface area contributed by atoms with Crippen LogP contribution in [0.3, 0.4) is 0 Å². The van der Waals surface area contributed by atoms with Crippen LogP contribution in [0.1, 0.15) is 29.4 Å². The highest BCUT2D eigenvalue weighted by molar-refractivity contribution is 6.39. The summed E-state index contributed by atoms with van der Waals surface area (Å²) < 4.78 is 2.02. The monoisotopic (exact) mass is 414 g/mol. The van der Waals surface area contributed by atoms with Crippen LogP contribution in [0.4, 0.5) is 10.5 Å². The van der Waals surface area contributed by atoms with Crippen LogP contribution in [-0.4, -0.2) is 27.4 Å². The van der Waals surface area contributed by atoms with Gasteiger partial charge in [-0.25, -0.2) is 9.69 Å². The number of para-hydroxylation sites is 1. The van der Waals surface area contributed by atoms with Crippen molar-refractivity contribution in [3.8, 4) is 5.69 Å². The van der Waals surface area contributed by atoms with Gasteiger partial charge in [-0.1, -0.05) is 25.1 Å². The molecule has 0 spiro atoms. The second kappa shape index (κ2) is 8.02. The number of hydrogen-bond acceptors (Lipinski definition) is 4. The largest absolute Gasteiger partial charge is 0.335 e. The van der Waals surface area contributed by atoms with E-state index in [0.717, 1.165) is 33.1 Å². The first kappa shape index (κ1) is 20.3. The fourth-order valence-corrected chi connectivity index (χ4v) is 3.88. The Kier molecular flexibility index (Phi) is 5.25. The number of carbonyl (C=O) groups is 3. The molecule has 0 unspecified atom stereocenters. The second-order valence-corrected chi connectivity index (χ2v) is 7.31. The number of amides is 4. The number of imide groups is 2. The molecule has 0 aliphatic carbocycles. The standard InChI is InChI=1S/C24H22N4O3/c1-4-17-7-5-6-8-21(17)28-23(30)20(22(29)26-24(28)31)14-18-13-15(2)27(16(18)3)19-9-11-25-12-10-19/h5-14H,4H2,1-3H3,(H,26,29,31)/b20-14+. The number of pyridine rings is 1. The lowest BCUT2D eigenvalue weighted by Crippen LogP contribution is -2.54. The highest BCUT2D eigenvalue weighted by Gasteiger charge is 2.37. The number of urea groups is 1. The summed E-state index contributed by atoms with van der Waals surface area (Å²) in [6.45, 7) is 5.81. The fourth-order valence-electron chi connectivity index (χ4n) is 3.88. The summed E-state index contributed by atoms with van der Waals surface area (Å²) in [7, 11) is 0. The minimum absolute atomic E-state index is 0.0829. The SMILES string of the molecule is CCc1ccccc1N1C(=O)NC(=O)/C(=C\c2cc(C)n(-c3ccncc3)c2C)C1=O. The predicted molar refractivity (Wildman–Crippen MR) is 118 cm³/mol. The Labute approximate surface area is 180 Å². The Morgan fingerprint density at radius 2 is 1.74 bits per heavy atom. The minimum atomic E-state index is -0.740. The van der Waals surface area contributed by atoms with Crippen molar-refractivity contribution in [2.75, 3.05) is 4.90 Å². The molecule has 2 aromatic heterocycles. The molecule has 4 rings (SSSR count). The lowest BCUT2D eigenvalue weighted by molar-refractivity contribution is -0.122. The van der Waals surface area contributed by atoms with Crippen molar-refractivity contribution in [3.05, 3.63) is 82.9 Å². The zero-order valence-electron chi connectivity index (χ0n) is 17.5. The van der Waals surface area contributed by atoms with Crippen molar-refractivity contribution in [2.45, 2.75) is 27.2 Å².